The van der Waals surface area contributed by atoms with Crippen molar-refractivity contribution in [1.82, 2.24) is 0 Å². The Kier molecular flexibility index (Phi) is 1.86. The molecular weight excluding hydrogens is 130 g/mol. The zero-order chi connectivity index (χ0) is 6.69. The molecule has 0 amide bonds. The van der Waals surface area contributed by atoms with Gasteiger partial charge < -0.3 is 0 Å². The second-order valence-corrected chi connectivity index (χ2v) is 2.93. The molecule has 1 nitrogen and oxygen atoms in total. The molecule has 2 heteroatoms. The predicted molar refractivity (Wildman–Crippen MR) is 38.1 cm³/mol. The molecule has 0 unspecified atom stereocenters. The van der Waals surface area contributed by atoms with Crippen LogP contribution in [0.3, 0.4) is 0 Å². The Labute approximate surface area is 59.0 Å². The highest BCUT2D eigenvalue weighted by Gasteiger charge is 1.98. The van der Waals surface area contributed by atoms with Crippen molar-refractivity contribution < 1.29 is 4.57 Å². The van der Waals surface area contributed by atoms with Gasteiger partial charge in [-0.15, -0.1) is 6.42 Å². The summed E-state index contributed by atoms with van der Waals surface area (Å²) in [5.74, 6) is 2.57. The van der Waals surface area contributed by atoms with Gasteiger partial charge in [-0.1, -0.05) is 11.3 Å². The summed E-state index contributed by atoms with van der Waals surface area (Å²) < 4.78 is 2.00. The Bertz CT molecular complexity index is 231. The lowest BCUT2D eigenvalue weighted by Crippen LogP contribution is -2.28. The van der Waals surface area contributed by atoms with Crippen molar-refractivity contribution in [2.24, 2.45) is 0 Å². The van der Waals surface area contributed by atoms with Crippen LogP contribution in [0.25, 0.3) is 0 Å². The first-order chi connectivity index (χ1) is 4.33. The maximum absolute atomic E-state index is 5.10. The van der Waals surface area contributed by atoms with E-state index in [2.05, 4.69) is 12.8 Å². The minimum Gasteiger partial charge on any atom is -0.183 e. The van der Waals surface area contributed by atoms with Crippen LogP contribution in [-0.4, -0.2) is 0 Å². The average Bonchev–Trinajstić information content (AvgIpc) is 2.17. The first-order valence-electron chi connectivity index (χ1n) is 2.70. The van der Waals surface area contributed by atoms with Crippen molar-refractivity contribution in [2.75, 3.05) is 0 Å². The molecule has 46 valence electrons. The molecule has 0 fully saturated rings. The minimum atomic E-state index is 0.685. The van der Waals surface area contributed by atoms with Gasteiger partial charge in [0.25, 0.3) is 0 Å². The molecule has 1 heterocycles. The summed E-state index contributed by atoms with van der Waals surface area (Å²) >= 11 is 1.71. The van der Waals surface area contributed by atoms with E-state index in [0.29, 0.717) is 6.54 Å². The lowest BCUT2D eigenvalue weighted by molar-refractivity contribution is -0.680. The zero-order valence-corrected chi connectivity index (χ0v) is 6.11. The molecule has 0 aliphatic carbocycles. The maximum Gasteiger partial charge on any atom is 0.225 e. The van der Waals surface area contributed by atoms with E-state index in [4.69, 9.17) is 6.42 Å². The number of aryl methyl sites for hydroxylation is 1. The first kappa shape index (κ1) is 6.31. The monoisotopic (exact) mass is 138 g/mol. The fourth-order valence-corrected chi connectivity index (χ4v) is 1.27. The molecule has 0 saturated heterocycles. The van der Waals surface area contributed by atoms with Gasteiger partial charge in [-0.2, -0.15) is 4.57 Å². The summed E-state index contributed by atoms with van der Waals surface area (Å²) in [7, 11) is 0. The zero-order valence-electron chi connectivity index (χ0n) is 5.29. The number of rotatable bonds is 1. The number of terminal acetylenes is 1. The van der Waals surface area contributed by atoms with Gasteiger partial charge in [-0.05, 0) is 12.8 Å². The van der Waals surface area contributed by atoms with E-state index in [0.717, 1.165) is 0 Å². The minimum absolute atomic E-state index is 0.685. The third-order valence-corrected chi connectivity index (χ3v) is 1.85. The fraction of sp³-hybridized carbons (Fsp3) is 0.286. The topological polar surface area (TPSA) is 3.88 Å². The quantitative estimate of drug-likeness (QED) is 0.402. The van der Waals surface area contributed by atoms with Gasteiger partial charge in [0.05, 0.1) is 4.88 Å². The third kappa shape index (κ3) is 1.55. The van der Waals surface area contributed by atoms with Gasteiger partial charge in [0.15, 0.2) is 6.20 Å². The Hall–Kier alpha value is -0.810. The van der Waals surface area contributed by atoms with E-state index in [-0.39, 0.29) is 0 Å². The first-order valence-corrected chi connectivity index (χ1v) is 3.58. The molecule has 0 atom stereocenters. The van der Waals surface area contributed by atoms with Crippen molar-refractivity contribution in [1.29, 1.82) is 0 Å². The summed E-state index contributed by atoms with van der Waals surface area (Å²) in [6, 6.07) is 0. The Morgan fingerprint density at radius 2 is 2.67 bits per heavy atom. The lowest BCUT2D eigenvalue weighted by Gasteiger charge is -1.76. The lowest BCUT2D eigenvalue weighted by atomic mass is 10.6. The molecule has 9 heavy (non-hydrogen) atoms. The molecule has 1 aromatic heterocycles. The SMILES string of the molecule is C#CC[n+]1csc(C)c1. The average molecular weight is 138 g/mol. The second-order valence-electron chi connectivity index (χ2n) is 1.84. The van der Waals surface area contributed by atoms with Crippen LogP contribution < -0.4 is 4.57 Å². The highest BCUT2D eigenvalue weighted by molar-refractivity contribution is 7.09. The third-order valence-electron chi connectivity index (χ3n) is 0.995. The number of hydrogen-bond acceptors (Lipinski definition) is 1. The molecular formula is C7H8NS+. The van der Waals surface area contributed by atoms with Crippen LogP contribution in [0, 0.1) is 19.3 Å². The molecule has 0 radical (unpaired) electrons. The van der Waals surface area contributed by atoms with Gasteiger partial charge in [-0.3, -0.25) is 0 Å². The number of nitrogens with zero attached hydrogens (tertiary/aromatic N) is 1. The summed E-state index contributed by atoms with van der Waals surface area (Å²) in [5.41, 5.74) is 2.02. The van der Waals surface area contributed by atoms with Crippen LogP contribution in [0.2, 0.25) is 0 Å². The Morgan fingerprint density at radius 1 is 1.89 bits per heavy atom. The van der Waals surface area contributed by atoms with Crippen molar-refractivity contribution >= 4 is 11.3 Å². The smallest absolute Gasteiger partial charge is 0.183 e. The van der Waals surface area contributed by atoms with Crippen LogP contribution in [0.15, 0.2) is 11.7 Å². The van der Waals surface area contributed by atoms with E-state index in [9.17, 15) is 0 Å². The highest BCUT2D eigenvalue weighted by Crippen LogP contribution is 1.99. The van der Waals surface area contributed by atoms with Crippen LogP contribution in [0.4, 0.5) is 0 Å². The summed E-state index contributed by atoms with van der Waals surface area (Å²) in [6.45, 7) is 2.75. The van der Waals surface area contributed by atoms with E-state index in [1.165, 1.54) is 4.88 Å². The van der Waals surface area contributed by atoms with E-state index in [1.807, 2.05) is 16.3 Å². The van der Waals surface area contributed by atoms with Crippen molar-refractivity contribution in [3.8, 4) is 12.3 Å². The summed E-state index contributed by atoms with van der Waals surface area (Å²) in [4.78, 5) is 1.30. The van der Waals surface area contributed by atoms with Crippen LogP contribution in [0.5, 0.6) is 0 Å². The fourth-order valence-electron chi connectivity index (χ4n) is 0.634. The number of thiazole rings is 1. The van der Waals surface area contributed by atoms with E-state index < -0.39 is 0 Å². The van der Waals surface area contributed by atoms with Crippen molar-refractivity contribution in [3.63, 3.8) is 0 Å². The normalized spacial score (nSPS) is 8.89. The van der Waals surface area contributed by atoms with Gasteiger partial charge in [0, 0.05) is 0 Å². The van der Waals surface area contributed by atoms with Gasteiger partial charge >= 0.3 is 0 Å². The van der Waals surface area contributed by atoms with Crippen LogP contribution in [0.1, 0.15) is 4.88 Å². The van der Waals surface area contributed by atoms with Gasteiger partial charge in [-0.25, -0.2) is 0 Å². The highest BCUT2D eigenvalue weighted by atomic mass is 32.1. The second kappa shape index (κ2) is 2.65. The summed E-state index contributed by atoms with van der Waals surface area (Å²) in [6.07, 6.45) is 7.15. The molecule has 0 aliphatic heterocycles. The van der Waals surface area contributed by atoms with Crippen molar-refractivity contribution in [2.45, 2.75) is 13.5 Å². The molecule has 0 aromatic carbocycles. The molecule has 0 bridgehead atoms. The Morgan fingerprint density at radius 3 is 3.11 bits per heavy atom. The largest absolute Gasteiger partial charge is 0.225 e. The summed E-state index contributed by atoms with van der Waals surface area (Å²) in [5, 5.41) is 0. The Balaban J connectivity index is 2.76. The molecule has 0 saturated carbocycles. The predicted octanol–water partition coefficient (Wildman–Crippen LogP) is 0.977. The van der Waals surface area contributed by atoms with Gasteiger partial charge in [0.1, 0.15) is 0 Å². The number of hydrogen-bond donors (Lipinski definition) is 0. The van der Waals surface area contributed by atoms with Gasteiger partial charge in [0.2, 0.25) is 12.1 Å². The molecule has 1 rings (SSSR count). The molecule has 0 N–H and O–H groups in total. The van der Waals surface area contributed by atoms with Crippen LogP contribution >= 0.6 is 11.3 Å². The molecule has 0 spiro atoms. The standard InChI is InChI=1S/C7H8NS/c1-3-4-8-5-7(2)9-6-8/h1,5-6H,4H2,2H3/q+1. The number of aromatic nitrogens is 1. The van der Waals surface area contributed by atoms with E-state index in [1.54, 1.807) is 11.3 Å². The van der Waals surface area contributed by atoms with Crippen molar-refractivity contribution in [3.05, 3.63) is 16.6 Å². The van der Waals surface area contributed by atoms with E-state index >= 15 is 0 Å². The molecule has 1 aromatic rings. The maximum atomic E-state index is 5.10. The molecule has 0 aliphatic rings. The van der Waals surface area contributed by atoms with Crippen LogP contribution in [-0.2, 0) is 6.54 Å².